The van der Waals surface area contributed by atoms with Crippen LogP contribution in [0.5, 0.6) is 0 Å². The maximum absolute atomic E-state index is 14.3. The van der Waals surface area contributed by atoms with E-state index < -0.39 is 0 Å². The zero-order valence-electron chi connectivity index (χ0n) is 14.0. The maximum Gasteiger partial charge on any atom is 0.148 e. The van der Waals surface area contributed by atoms with Gasteiger partial charge in [0.25, 0.3) is 0 Å². The highest BCUT2D eigenvalue weighted by atomic mass is 19.1. The Morgan fingerprint density at radius 3 is 2.38 bits per heavy atom. The molecular formula is C18H29FN2. The first-order valence-electron chi connectivity index (χ1n) is 8.07. The van der Waals surface area contributed by atoms with Crippen LogP contribution in [-0.2, 0) is 0 Å². The molecule has 0 atom stereocenters. The Labute approximate surface area is 128 Å². The van der Waals surface area contributed by atoms with E-state index in [9.17, 15) is 4.39 Å². The fourth-order valence-corrected chi connectivity index (χ4v) is 2.94. The van der Waals surface area contributed by atoms with Crippen molar-refractivity contribution in [3.63, 3.8) is 0 Å². The van der Waals surface area contributed by atoms with Crippen LogP contribution in [0.3, 0.4) is 0 Å². The van der Waals surface area contributed by atoms with Gasteiger partial charge in [0.1, 0.15) is 5.82 Å². The van der Waals surface area contributed by atoms with Gasteiger partial charge in [-0.25, -0.2) is 4.39 Å². The SMILES string of the molecule is CC(C)N(C)c1ccc(NC2CCC(C)(C)CC2)cc1F. The fraction of sp³-hybridized carbons (Fsp3) is 0.667. The summed E-state index contributed by atoms with van der Waals surface area (Å²) in [5, 5.41) is 3.50. The summed E-state index contributed by atoms with van der Waals surface area (Å²) in [6.45, 7) is 8.80. The first kappa shape index (κ1) is 16.1. The Hall–Kier alpha value is -1.25. The molecule has 2 rings (SSSR count). The van der Waals surface area contributed by atoms with Crippen LogP contribution in [0.1, 0.15) is 53.4 Å². The van der Waals surface area contributed by atoms with Crippen molar-refractivity contribution in [3.05, 3.63) is 24.0 Å². The van der Waals surface area contributed by atoms with E-state index in [1.807, 2.05) is 24.1 Å². The first-order chi connectivity index (χ1) is 9.78. The van der Waals surface area contributed by atoms with Crippen LogP contribution < -0.4 is 10.2 Å². The molecule has 1 aromatic rings. The molecule has 0 unspecified atom stereocenters. The van der Waals surface area contributed by atoms with Crippen molar-refractivity contribution in [3.8, 4) is 0 Å². The van der Waals surface area contributed by atoms with Crippen molar-refractivity contribution in [2.24, 2.45) is 5.41 Å². The van der Waals surface area contributed by atoms with Gasteiger partial charge < -0.3 is 10.2 Å². The van der Waals surface area contributed by atoms with E-state index in [-0.39, 0.29) is 5.82 Å². The molecule has 0 spiro atoms. The third-order valence-corrected chi connectivity index (χ3v) is 4.81. The van der Waals surface area contributed by atoms with Gasteiger partial charge in [-0.15, -0.1) is 0 Å². The largest absolute Gasteiger partial charge is 0.382 e. The number of benzene rings is 1. The molecule has 0 aromatic heterocycles. The van der Waals surface area contributed by atoms with E-state index in [4.69, 9.17) is 0 Å². The Morgan fingerprint density at radius 1 is 1.24 bits per heavy atom. The highest BCUT2D eigenvalue weighted by Gasteiger charge is 2.26. The molecule has 0 radical (unpaired) electrons. The third kappa shape index (κ3) is 4.12. The van der Waals surface area contributed by atoms with Gasteiger partial charge in [-0.2, -0.15) is 0 Å². The highest BCUT2D eigenvalue weighted by molar-refractivity contribution is 5.56. The minimum absolute atomic E-state index is 0.146. The van der Waals surface area contributed by atoms with Crippen molar-refractivity contribution >= 4 is 11.4 Å². The van der Waals surface area contributed by atoms with Gasteiger partial charge in [0.15, 0.2) is 0 Å². The van der Waals surface area contributed by atoms with Crippen LogP contribution >= 0.6 is 0 Å². The predicted molar refractivity (Wildman–Crippen MR) is 89.6 cm³/mol. The van der Waals surface area contributed by atoms with Gasteiger partial charge in [-0.3, -0.25) is 0 Å². The zero-order chi connectivity index (χ0) is 15.6. The number of halogens is 1. The van der Waals surface area contributed by atoms with Gasteiger partial charge in [0.2, 0.25) is 0 Å². The summed E-state index contributed by atoms with van der Waals surface area (Å²) in [4.78, 5) is 1.96. The first-order valence-corrected chi connectivity index (χ1v) is 8.07. The van der Waals surface area contributed by atoms with Gasteiger partial charge in [-0.1, -0.05) is 13.8 Å². The van der Waals surface area contributed by atoms with Crippen molar-refractivity contribution in [2.75, 3.05) is 17.3 Å². The van der Waals surface area contributed by atoms with Crippen LogP contribution in [0.15, 0.2) is 18.2 Å². The lowest BCUT2D eigenvalue weighted by molar-refractivity contribution is 0.232. The topological polar surface area (TPSA) is 15.3 Å². The average Bonchev–Trinajstić information content (AvgIpc) is 2.40. The van der Waals surface area contributed by atoms with Crippen LogP contribution in [0.25, 0.3) is 0 Å². The summed E-state index contributed by atoms with van der Waals surface area (Å²) >= 11 is 0. The van der Waals surface area contributed by atoms with Crippen LogP contribution in [0.4, 0.5) is 15.8 Å². The molecule has 1 aliphatic rings. The summed E-state index contributed by atoms with van der Waals surface area (Å²) in [7, 11) is 1.93. The molecule has 1 aromatic carbocycles. The standard InChI is InChI=1S/C18H29FN2/c1-13(2)21(5)17-7-6-15(12-16(17)19)20-14-8-10-18(3,4)11-9-14/h6-7,12-14,20H,8-11H2,1-5H3. The maximum atomic E-state index is 14.3. The minimum Gasteiger partial charge on any atom is -0.382 e. The Kier molecular flexibility index (Phi) is 4.80. The molecule has 0 bridgehead atoms. The summed E-state index contributed by atoms with van der Waals surface area (Å²) in [6, 6.07) is 6.28. The van der Waals surface area contributed by atoms with E-state index in [0.717, 1.165) is 5.69 Å². The Bertz CT molecular complexity index is 472. The Balaban J connectivity index is 2.01. The van der Waals surface area contributed by atoms with Crippen LogP contribution in [0.2, 0.25) is 0 Å². The molecule has 2 nitrogen and oxygen atoms in total. The van der Waals surface area contributed by atoms with Crippen molar-refractivity contribution in [1.29, 1.82) is 0 Å². The van der Waals surface area contributed by atoms with E-state index >= 15 is 0 Å². The predicted octanol–water partition coefficient (Wildman–Crippen LogP) is 5.05. The molecule has 1 aliphatic carbocycles. The zero-order valence-corrected chi connectivity index (χ0v) is 14.0. The van der Waals surface area contributed by atoms with Crippen LogP contribution in [-0.4, -0.2) is 19.1 Å². The molecule has 118 valence electrons. The molecule has 1 N–H and O–H groups in total. The van der Waals surface area contributed by atoms with E-state index in [1.54, 1.807) is 6.07 Å². The molecule has 1 fully saturated rings. The number of hydrogen-bond acceptors (Lipinski definition) is 2. The molecule has 21 heavy (non-hydrogen) atoms. The molecule has 0 heterocycles. The normalized spacial score (nSPS) is 18.8. The summed E-state index contributed by atoms with van der Waals surface area (Å²) in [5.74, 6) is -0.146. The monoisotopic (exact) mass is 292 g/mol. The van der Waals surface area contributed by atoms with Gasteiger partial charge in [0, 0.05) is 24.8 Å². The minimum atomic E-state index is -0.146. The number of anilines is 2. The number of rotatable bonds is 4. The van der Waals surface area contributed by atoms with Crippen molar-refractivity contribution < 1.29 is 4.39 Å². The second kappa shape index (κ2) is 6.25. The second-order valence-electron chi connectivity index (χ2n) is 7.45. The lowest BCUT2D eigenvalue weighted by Crippen LogP contribution is -2.30. The van der Waals surface area contributed by atoms with Crippen LogP contribution in [0, 0.1) is 11.2 Å². The van der Waals surface area contributed by atoms with Crippen molar-refractivity contribution in [2.45, 2.75) is 65.5 Å². The van der Waals surface area contributed by atoms with Gasteiger partial charge in [-0.05, 0) is 63.1 Å². The van der Waals surface area contributed by atoms with Crippen molar-refractivity contribution in [1.82, 2.24) is 0 Å². The quantitative estimate of drug-likeness (QED) is 0.835. The smallest absolute Gasteiger partial charge is 0.148 e. The van der Waals surface area contributed by atoms with Gasteiger partial charge >= 0.3 is 0 Å². The second-order valence-corrected chi connectivity index (χ2v) is 7.45. The third-order valence-electron chi connectivity index (χ3n) is 4.81. The highest BCUT2D eigenvalue weighted by Crippen LogP contribution is 2.36. The fourth-order valence-electron chi connectivity index (χ4n) is 2.94. The lowest BCUT2D eigenvalue weighted by Gasteiger charge is -2.35. The molecular weight excluding hydrogens is 263 g/mol. The number of hydrogen-bond donors (Lipinski definition) is 1. The molecule has 0 amide bonds. The molecule has 0 saturated heterocycles. The lowest BCUT2D eigenvalue weighted by atomic mass is 9.75. The number of nitrogens with zero attached hydrogens (tertiary/aromatic N) is 1. The van der Waals surface area contributed by atoms with Gasteiger partial charge in [0.05, 0.1) is 5.69 Å². The van der Waals surface area contributed by atoms with E-state index in [1.165, 1.54) is 25.7 Å². The van der Waals surface area contributed by atoms with E-state index in [2.05, 4.69) is 33.0 Å². The molecule has 3 heteroatoms. The summed E-state index contributed by atoms with van der Waals surface area (Å²) < 4.78 is 14.3. The summed E-state index contributed by atoms with van der Waals surface area (Å²) in [6.07, 6.45) is 4.81. The number of nitrogens with one attached hydrogen (secondary N) is 1. The molecule has 1 saturated carbocycles. The summed E-state index contributed by atoms with van der Waals surface area (Å²) in [5.41, 5.74) is 2.03. The average molecular weight is 292 g/mol. The molecule has 0 aliphatic heterocycles. The Morgan fingerprint density at radius 2 is 1.86 bits per heavy atom. The van der Waals surface area contributed by atoms with E-state index in [0.29, 0.717) is 23.2 Å².